The van der Waals surface area contributed by atoms with E-state index in [1.54, 1.807) is 0 Å². The Kier molecular flexibility index (Phi) is 7.42. The van der Waals surface area contributed by atoms with Crippen molar-refractivity contribution in [1.29, 1.82) is 0 Å². The molecular formula is C52H38N2. The second-order valence-electron chi connectivity index (χ2n) is 15.4. The van der Waals surface area contributed by atoms with Gasteiger partial charge in [-0.25, -0.2) is 4.98 Å². The summed E-state index contributed by atoms with van der Waals surface area (Å²) in [4.78, 5) is 9.97. The molecule has 2 heteroatoms. The maximum atomic E-state index is 5.25. The SMILES string of the molecule is CC(C)(C)c1ccc(-c2cccc(-c3c4ccccc4c(-c4ccc(-c5ccc6ccc7cccnc7c6n5)c5ccccc45)c4ccccc34)c2)cc1. The molecule has 0 atom stereocenters. The average Bonchev–Trinajstić information content (AvgIpc) is 3.22. The lowest BCUT2D eigenvalue weighted by Crippen LogP contribution is -2.10. The van der Waals surface area contributed by atoms with Crippen LogP contribution in [0.25, 0.3) is 98.8 Å². The van der Waals surface area contributed by atoms with E-state index in [2.05, 4.69) is 185 Å². The summed E-state index contributed by atoms with van der Waals surface area (Å²) in [6.07, 6.45) is 1.85. The summed E-state index contributed by atoms with van der Waals surface area (Å²) in [6.45, 7) is 6.80. The van der Waals surface area contributed by atoms with Gasteiger partial charge in [0.2, 0.25) is 0 Å². The third-order valence-electron chi connectivity index (χ3n) is 11.1. The summed E-state index contributed by atoms with van der Waals surface area (Å²) in [5.74, 6) is 0. The fourth-order valence-electron chi connectivity index (χ4n) is 8.36. The number of pyridine rings is 2. The molecule has 0 bridgehead atoms. The minimum atomic E-state index is 0.117. The molecule has 0 saturated heterocycles. The van der Waals surface area contributed by atoms with E-state index in [-0.39, 0.29) is 5.41 Å². The van der Waals surface area contributed by atoms with E-state index in [4.69, 9.17) is 9.97 Å². The zero-order valence-corrected chi connectivity index (χ0v) is 30.6. The molecule has 256 valence electrons. The summed E-state index contributed by atoms with van der Waals surface area (Å²) < 4.78 is 0. The molecule has 0 aliphatic heterocycles. The van der Waals surface area contributed by atoms with Crippen molar-refractivity contribution < 1.29 is 0 Å². The molecule has 0 fully saturated rings. The van der Waals surface area contributed by atoms with Gasteiger partial charge in [0.1, 0.15) is 0 Å². The fraction of sp³-hybridized carbons (Fsp3) is 0.0769. The molecule has 10 rings (SSSR count). The number of fused-ring (bicyclic) bond motifs is 6. The first-order valence-corrected chi connectivity index (χ1v) is 18.7. The van der Waals surface area contributed by atoms with Crippen LogP contribution in [0.3, 0.4) is 0 Å². The minimum Gasteiger partial charge on any atom is -0.254 e. The van der Waals surface area contributed by atoms with E-state index >= 15 is 0 Å². The van der Waals surface area contributed by atoms with Crippen LogP contribution in [0.2, 0.25) is 0 Å². The van der Waals surface area contributed by atoms with Crippen LogP contribution in [0.15, 0.2) is 176 Å². The molecule has 54 heavy (non-hydrogen) atoms. The van der Waals surface area contributed by atoms with Crippen molar-refractivity contribution in [3.63, 3.8) is 0 Å². The van der Waals surface area contributed by atoms with Crippen molar-refractivity contribution in [1.82, 2.24) is 9.97 Å². The summed E-state index contributed by atoms with van der Waals surface area (Å²) in [6, 6.07) is 62.0. The van der Waals surface area contributed by atoms with Gasteiger partial charge in [-0.15, -0.1) is 0 Å². The first-order chi connectivity index (χ1) is 26.4. The number of hydrogen-bond acceptors (Lipinski definition) is 2. The van der Waals surface area contributed by atoms with Crippen LogP contribution in [0.1, 0.15) is 26.3 Å². The van der Waals surface area contributed by atoms with Gasteiger partial charge >= 0.3 is 0 Å². The van der Waals surface area contributed by atoms with E-state index in [1.165, 1.54) is 71.3 Å². The lowest BCUT2D eigenvalue weighted by atomic mass is 9.83. The van der Waals surface area contributed by atoms with Gasteiger partial charge in [0.05, 0.1) is 16.7 Å². The van der Waals surface area contributed by atoms with Crippen molar-refractivity contribution in [3.05, 3.63) is 182 Å². The summed E-state index contributed by atoms with van der Waals surface area (Å²) in [5.41, 5.74) is 12.8. The van der Waals surface area contributed by atoms with Crippen LogP contribution >= 0.6 is 0 Å². The van der Waals surface area contributed by atoms with Crippen LogP contribution in [-0.4, -0.2) is 9.97 Å². The smallest absolute Gasteiger partial charge is 0.0972 e. The molecule has 0 N–H and O–H groups in total. The van der Waals surface area contributed by atoms with Crippen LogP contribution in [0, 0.1) is 0 Å². The molecule has 0 unspecified atom stereocenters. The molecule has 0 amide bonds. The van der Waals surface area contributed by atoms with Crippen LogP contribution in [0.5, 0.6) is 0 Å². The van der Waals surface area contributed by atoms with Gasteiger partial charge < -0.3 is 0 Å². The van der Waals surface area contributed by atoms with Crippen molar-refractivity contribution in [2.24, 2.45) is 0 Å². The average molecular weight is 691 g/mol. The molecule has 2 aromatic heterocycles. The number of hydrogen-bond donors (Lipinski definition) is 0. The second kappa shape index (κ2) is 12.5. The fourth-order valence-corrected chi connectivity index (χ4v) is 8.36. The Bertz CT molecular complexity index is 3020. The van der Waals surface area contributed by atoms with Gasteiger partial charge in [0.15, 0.2) is 0 Å². The Morgan fingerprint density at radius 3 is 1.61 bits per heavy atom. The van der Waals surface area contributed by atoms with Crippen LogP contribution in [0.4, 0.5) is 0 Å². The highest BCUT2D eigenvalue weighted by molar-refractivity contribution is 6.24. The van der Waals surface area contributed by atoms with Crippen LogP contribution < -0.4 is 0 Å². The van der Waals surface area contributed by atoms with E-state index < -0.39 is 0 Å². The van der Waals surface area contributed by atoms with Gasteiger partial charge in [-0.2, -0.15) is 0 Å². The quantitative estimate of drug-likeness (QED) is 0.136. The van der Waals surface area contributed by atoms with Gasteiger partial charge in [-0.3, -0.25) is 4.98 Å². The monoisotopic (exact) mass is 690 g/mol. The Hall–Kier alpha value is -6.64. The van der Waals surface area contributed by atoms with Crippen molar-refractivity contribution in [2.45, 2.75) is 26.2 Å². The number of rotatable bonds is 4. The van der Waals surface area contributed by atoms with Crippen LogP contribution in [-0.2, 0) is 5.41 Å². The highest BCUT2D eigenvalue weighted by atomic mass is 14.8. The first-order valence-electron chi connectivity index (χ1n) is 18.7. The predicted molar refractivity (Wildman–Crippen MR) is 230 cm³/mol. The van der Waals surface area contributed by atoms with Crippen molar-refractivity contribution in [2.75, 3.05) is 0 Å². The van der Waals surface area contributed by atoms with Gasteiger partial charge in [0, 0.05) is 22.5 Å². The molecule has 8 aromatic carbocycles. The highest BCUT2D eigenvalue weighted by Gasteiger charge is 2.20. The number of benzene rings is 8. The molecule has 0 saturated carbocycles. The minimum absolute atomic E-state index is 0.117. The van der Waals surface area contributed by atoms with Gasteiger partial charge in [0.25, 0.3) is 0 Å². The molecular weight excluding hydrogens is 653 g/mol. The highest BCUT2D eigenvalue weighted by Crippen LogP contribution is 2.47. The molecule has 2 heterocycles. The Morgan fingerprint density at radius 1 is 0.389 bits per heavy atom. The normalized spacial score (nSPS) is 12.0. The number of nitrogens with zero attached hydrogens (tertiary/aromatic N) is 2. The maximum Gasteiger partial charge on any atom is 0.0972 e. The summed E-state index contributed by atoms with van der Waals surface area (Å²) >= 11 is 0. The largest absolute Gasteiger partial charge is 0.254 e. The molecule has 0 spiro atoms. The van der Waals surface area contributed by atoms with E-state index in [0.717, 1.165) is 33.1 Å². The molecule has 2 nitrogen and oxygen atoms in total. The van der Waals surface area contributed by atoms with E-state index in [1.807, 2.05) is 12.3 Å². The molecule has 0 aliphatic rings. The Labute approximate surface area is 315 Å². The first kappa shape index (κ1) is 32.0. The second-order valence-corrected chi connectivity index (χ2v) is 15.4. The summed E-state index contributed by atoms with van der Waals surface area (Å²) in [7, 11) is 0. The van der Waals surface area contributed by atoms with E-state index in [9.17, 15) is 0 Å². The lowest BCUT2D eigenvalue weighted by molar-refractivity contribution is 0.590. The van der Waals surface area contributed by atoms with Crippen molar-refractivity contribution in [3.8, 4) is 44.6 Å². The Balaban J connectivity index is 1.17. The standard InChI is InChI=1S/C52H38N2/c1-52(2,3)38-26-23-33(24-27-38)36-12-10-13-37(32-36)48-42-17-6-8-19-44(42)49(45-20-9-7-18-43(45)48)46-29-28-41(39-15-4-5-16-40(39)46)47-30-25-35-22-21-34-14-11-31-53-50(34)51(35)54-47/h4-32H,1-3H3. The number of aromatic nitrogens is 2. The zero-order valence-electron chi connectivity index (χ0n) is 30.6. The topological polar surface area (TPSA) is 25.8 Å². The predicted octanol–water partition coefficient (Wildman–Crippen LogP) is 14.2. The van der Waals surface area contributed by atoms with E-state index in [0.29, 0.717) is 0 Å². The molecule has 0 aliphatic carbocycles. The molecule has 0 radical (unpaired) electrons. The zero-order chi connectivity index (χ0) is 36.4. The van der Waals surface area contributed by atoms with Gasteiger partial charge in [-0.05, 0) is 94.9 Å². The third kappa shape index (κ3) is 5.25. The maximum absolute atomic E-state index is 5.25. The van der Waals surface area contributed by atoms with Gasteiger partial charge in [-0.1, -0.05) is 172 Å². The third-order valence-corrected chi connectivity index (χ3v) is 11.1. The molecule has 10 aromatic rings. The van der Waals surface area contributed by atoms with Crippen molar-refractivity contribution >= 4 is 54.1 Å². The summed E-state index contributed by atoms with van der Waals surface area (Å²) in [5, 5.41) is 9.54. The Morgan fingerprint density at radius 2 is 0.944 bits per heavy atom. The lowest BCUT2D eigenvalue weighted by Gasteiger charge is -2.20.